The zero-order chi connectivity index (χ0) is 12.0. The Bertz CT molecular complexity index is 326. The molecule has 0 saturated heterocycles. The van der Waals surface area contributed by atoms with Gasteiger partial charge in [0, 0.05) is 16.7 Å². The number of hydrogen-bond acceptors (Lipinski definition) is 2. The first-order valence-electron chi connectivity index (χ1n) is 5.93. The zero-order valence-electron chi connectivity index (χ0n) is 10.2. The summed E-state index contributed by atoms with van der Waals surface area (Å²) >= 11 is 3.43. The van der Waals surface area contributed by atoms with E-state index in [9.17, 15) is 0 Å². The van der Waals surface area contributed by atoms with E-state index in [0.717, 1.165) is 29.8 Å². The minimum absolute atomic E-state index is 0.879. The molecule has 0 radical (unpaired) electrons. The third-order valence-corrected chi connectivity index (χ3v) is 3.27. The molecule has 0 unspecified atom stereocenters. The lowest BCUT2D eigenvalue weighted by molar-refractivity contribution is 0.276. The number of hydrogen-bond donors (Lipinski definition) is 1. The fraction of sp³-hybridized carbons (Fsp3) is 0.538. The first-order valence-corrected chi connectivity index (χ1v) is 6.73. The number of nitrogens with zero attached hydrogens (tertiary/aromatic N) is 1. The molecule has 3 heteroatoms. The lowest BCUT2D eigenvalue weighted by Crippen LogP contribution is -2.24. The van der Waals surface area contributed by atoms with Gasteiger partial charge < -0.3 is 5.73 Å². The highest BCUT2D eigenvalue weighted by Gasteiger charge is 2.06. The quantitative estimate of drug-likeness (QED) is 0.808. The van der Waals surface area contributed by atoms with E-state index in [2.05, 4.69) is 46.8 Å². The summed E-state index contributed by atoms with van der Waals surface area (Å²) in [5.41, 5.74) is 8.10. The van der Waals surface area contributed by atoms with Gasteiger partial charge in [0.2, 0.25) is 0 Å². The van der Waals surface area contributed by atoms with E-state index in [-0.39, 0.29) is 0 Å². The van der Waals surface area contributed by atoms with Gasteiger partial charge in [0.25, 0.3) is 0 Å². The van der Waals surface area contributed by atoms with E-state index in [0.29, 0.717) is 0 Å². The molecule has 0 aliphatic heterocycles. The number of halogens is 1. The Labute approximate surface area is 107 Å². The fourth-order valence-electron chi connectivity index (χ4n) is 1.68. The lowest BCUT2D eigenvalue weighted by Gasteiger charge is -2.21. The molecule has 0 aliphatic rings. The number of nitrogens with two attached hydrogens (primary N) is 1. The normalized spacial score (nSPS) is 11.0. The summed E-state index contributed by atoms with van der Waals surface area (Å²) in [5.74, 6) is 0. The molecule has 0 bridgehead atoms. The molecule has 1 aromatic rings. The van der Waals surface area contributed by atoms with Crippen LogP contribution in [0.5, 0.6) is 0 Å². The van der Waals surface area contributed by atoms with Crippen LogP contribution in [0.2, 0.25) is 0 Å². The van der Waals surface area contributed by atoms with Gasteiger partial charge in [-0.05, 0) is 37.2 Å². The number of unbranched alkanes of at least 4 members (excludes halogenated alkanes) is 1. The number of nitrogen functional groups attached to an aromatic ring is 1. The molecule has 2 nitrogen and oxygen atoms in total. The predicted molar refractivity (Wildman–Crippen MR) is 74.4 cm³/mol. The summed E-state index contributed by atoms with van der Waals surface area (Å²) < 4.78 is 1.05. The molecule has 2 N–H and O–H groups in total. The minimum Gasteiger partial charge on any atom is -0.398 e. The van der Waals surface area contributed by atoms with E-state index >= 15 is 0 Å². The van der Waals surface area contributed by atoms with E-state index in [1.165, 1.54) is 18.4 Å². The van der Waals surface area contributed by atoms with Crippen molar-refractivity contribution in [3.63, 3.8) is 0 Å². The van der Waals surface area contributed by atoms with Gasteiger partial charge in [0.15, 0.2) is 0 Å². The maximum atomic E-state index is 6.00. The predicted octanol–water partition coefficient (Wildman–Crippen LogP) is 3.65. The Kier molecular flexibility index (Phi) is 5.85. The van der Waals surface area contributed by atoms with Crippen molar-refractivity contribution >= 4 is 21.6 Å². The molecule has 0 atom stereocenters. The molecule has 1 rings (SSSR count). The lowest BCUT2D eigenvalue weighted by atomic mass is 10.1. The summed E-state index contributed by atoms with van der Waals surface area (Å²) in [6, 6.07) is 6.14. The smallest absolute Gasteiger partial charge is 0.0371 e. The topological polar surface area (TPSA) is 29.3 Å². The van der Waals surface area contributed by atoms with Gasteiger partial charge in [0.05, 0.1) is 0 Å². The van der Waals surface area contributed by atoms with E-state index in [4.69, 9.17) is 5.73 Å². The molecule has 0 aromatic heterocycles. The van der Waals surface area contributed by atoms with Crippen LogP contribution in [0.25, 0.3) is 0 Å². The second-order valence-corrected chi connectivity index (χ2v) is 4.98. The first-order chi connectivity index (χ1) is 7.67. The molecule has 0 amide bonds. The summed E-state index contributed by atoms with van der Waals surface area (Å²) in [5, 5.41) is 0. The summed E-state index contributed by atoms with van der Waals surface area (Å²) in [6.07, 6.45) is 2.50. The van der Waals surface area contributed by atoms with Crippen LogP contribution in [-0.2, 0) is 6.54 Å². The van der Waals surface area contributed by atoms with Gasteiger partial charge in [-0.3, -0.25) is 4.90 Å². The number of anilines is 1. The Morgan fingerprint density at radius 2 is 2.06 bits per heavy atom. The van der Waals surface area contributed by atoms with Gasteiger partial charge in [-0.2, -0.15) is 0 Å². The summed E-state index contributed by atoms with van der Waals surface area (Å²) in [6.45, 7) is 7.61. The van der Waals surface area contributed by atoms with Crippen molar-refractivity contribution in [1.82, 2.24) is 4.90 Å². The standard InChI is InChI=1S/C13H21BrN2/c1-3-5-8-16(4-2)10-11-6-7-12(14)9-13(11)15/h6-7,9H,3-5,8,10,15H2,1-2H3. The fourth-order valence-corrected chi connectivity index (χ4v) is 2.06. The van der Waals surface area contributed by atoms with Gasteiger partial charge in [-0.15, -0.1) is 0 Å². The van der Waals surface area contributed by atoms with Crippen LogP contribution in [0.3, 0.4) is 0 Å². The van der Waals surface area contributed by atoms with Crippen LogP contribution in [0, 0.1) is 0 Å². The summed E-state index contributed by atoms with van der Waals surface area (Å²) in [4.78, 5) is 2.43. The second-order valence-electron chi connectivity index (χ2n) is 4.07. The van der Waals surface area contributed by atoms with Crippen molar-refractivity contribution in [2.45, 2.75) is 33.2 Å². The molecule has 1 aromatic carbocycles. The summed E-state index contributed by atoms with van der Waals surface area (Å²) in [7, 11) is 0. The molecular formula is C13H21BrN2. The monoisotopic (exact) mass is 284 g/mol. The van der Waals surface area contributed by atoms with Crippen LogP contribution in [0.4, 0.5) is 5.69 Å². The molecule has 0 heterocycles. The zero-order valence-corrected chi connectivity index (χ0v) is 11.8. The van der Waals surface area contributed by atoms with Crippen molar-refractivity contribution in [2.24, 2.45) is 0 Å². The van der Waals surface area contributed by atoms with Crippen molar-refractivity contribution in [3.05, 3.63) is 28.2 Å². The molecule has 16 heavy (non-hydrogen) atoms. The van der Waals surface area contributed by atoms with Gasteiger partial charge in [-0.1, -0.05) is 42.3 Å². The van der Waals surface area contributed by atoms with Crippen LogP contribution in [-0.4, -0.2) is 18.0 Å². The average Bonchev–Trinajstić information content (AvgIpc) is 2.27. The van der Waals surface area contributed by atoms with Crippen molar-refractivity contribution < 1.29 is 0 Å². The molecule has 0 fully saturated rings. The van der Waals surface area contributed by atoms with Crippen LogP contribution in [0.15, 0.2) is 22.7 Å². The van der Waals surface area contributed by atoms with E-state index in [1.54, 1.807) is 0 Å². The van der Waals surface area contributed by atoms with Gasteiger partial charge >= 0.3 is 0 Å². The van der Waals surface area contributed by atoms with E-state index < -0.39 is 0 Å². The Morgan fingerprint density at radius 3 is 2.62 bits per heavy atom. The SMILES string of the molecule is CCCCN(CC)Cc1ccc(Br)cc1N. The highest BCUT2D eigenvalue weighted by molar-refractivity contribution is 9.10. The average molecular weight is 285 g/mol. The minimum atomic E-state index is 0.879. The largest absolute Gasteiger partial charge is 0.398 e. The van der Waals surface area contributed by atoms with Gasteiger partial charge in [0.1, 0.15) is 0 Å². The maximum Gasteiger partial charge on any atom is 0.0371 e. The van der Waals surface area contributed by atoms with E-state index in [1.807, 2.05) is 6.07 Å². The Hall–Kier alpha value is -0.540. The number of rotatable bonds is 6. The highest BCUT2D eigenvalue weighted by Crippen LogP contribution is 2.20. The molecular weight excluding hydrogens is 264 g/mol. The maximum absolute atomic E-state index is 6.00. The molecule has 0 saturated carbocycles. The van der Waals surface area contributed by atoms with Crippen LogP contribution >= 0.6 is 15.9 Å². The molecule has 0 aliphatic carbocycles. The highest BCUT2D eigenvalue weighted by atomic mass is 79.9. The van der Waals surface area contributed by atoms with Crippen molar-refractivity contribution in [2.75, 3.05) is 18.8 Å². The molecule has 0 spiro atoms. The Morgan fingerprint density at radius 1 is 1.31 bits per heavy atom. The molecule has 90 valence electrons. The van der Waals surface area contributed by atoms with Crippen LogP contribution < -0.4 is 5.73 Å². The second kappa shape index (κ2) is 6.92. The van der Waals surface area contributed by atoms with Crippen LogP contribution in [0.1, 0.15) is 32.3 Å². The third-order valence-electron chi connectivity index (χ3n) is 2.78. The number of benzene rings is 1. The van der Waals surface area contributed by atoms with Crippen molar-refractivity contribution in [3.8, 4) is 0 Å². The van der Waals surface area contributed by atoms with Gasteiger partial charge in [-0.25, -0.2) is 0 Å². The third kappa shape index (κ3) is 4.14. The van der Waals surface area contributed by atoms with Crippen molar-refractivity contribution in [1.29, 1.82) is 0 Å². The first kappa shape index (κ1) is 13.5. The Balaban J connectivity index is 2.62.